The molecule has 2 aromatic rings. The average molecular weight is 480 g/mol. The lowest BCUT2D eigenvalue weighted by Gasteiger charge is -2.27. The highest BCUT2D eigenvalue weighted by Gasteiger charge is 2.22. The van der Waals surface area contributed by atoms with Gasteiger partial charge in [-0.3, -0.25) is 19.1 Å². The van der Waals surface area contributed by atoms with Crippen molar-refractivity contribution >= 4 is 39.0 Å². The number of carbonyl (C=O) groups is 1. The number of nitrogen functional groups attached to an aromatic ring is 1. The molecule has 1 amide bonds. The van der Waals surface area contributed by atoms with Gasteiger partial charge in [-0.25, -0.2) is 4.79 Å². The van der Waals surface area contributed by atoms with Crippen molar-refractivity contribution in [2.75, 3.05) is 29.0 Å². The van der Waals surface area contributed by atoms with Gasteiger partial charge in [0.2, 0.25) is 5.91 Å². The molecule has 8 nitrogen and oxygen atoms in total. The van der Waals surface area contributed by atoms with Crippen LogP contribution in [0.1, 0.15) is 33.3 Å². The van der Waals surface area contributed by atoms with E-state index in [1.54, 1.807) is 11.0 Å². The van der Waals surface area contributed by atoms with E-state index in [9.17, 15) is 14.4 Å². The van der Waals surface area contributed by atoms with Gasteiger partial charge in [0.25, 0.3) is 5.56 Å². The zero-order valence-electron chi connectivity index (χ0n) is 18.1. The van der Waals surface area contributed by atoms with Crippen LogP contribution in [-0.4, -0.2) is 28.5 Å². The maximum Gasteiger partial charge on any atom is 0.330 e. The zero-order valence-corrected chi connectivity index (χ0v) is 19.7. The molecule has 0 radical (unpaired) electrons. The Morgan fingerprint density at radius 1 is 1.23 bits per heavy atom. The van der Waals surface area contributed by atoms with Crippen LogP contribution in [-0.2, 0) is 11.3 Å². The Bertz CT molecular complexity index is 1030. The number of amides is 1. The summed E-state index contributed by atoms with van der Waals surface area (Å²) in [4.78, 5) is 41.6. The van der Waals surface area contributed by atoms with E-state index in [0.29, 0.717) is 18.8 Å². The molecule has 1 aromatic heterocycles. The summed E-state index contributed by atoms with van der Waals surface area (Å²) in [6, 6.07) is 5.52. The molecule has 9 heteroatoms. The van der Waals surface area contributed by atoms with E-state index in [0.717, 1.165) is 10.0 Å². The van der Waals surface area contributed by atoms with Crippen LogP contribution < -0.4 is 27.2 Å². The maximum absolute atomic E-state index is 12.7. The number of aryl methyl sites for hydroxylation is 1. The predicted octanol–water partition coefficient (Wildman–Crippen LogP) is 2.95. The first kappa shape index (κ1) is 23.7. The van der Waals surface area contributed by atoms with Crippen molar-refractivity contribution < 1.29 is 4.79 Å². The second-order valence-corrected chi connectivity index (χ2v) is 9.14. The van der Waals surface area contributed by atoms with Crippen LogP contribution in [0.4, 0.5) is 17.2 Å². The summed E-state index contributed by atoms with van der Waals surface area (Å²) < 4.78 is 2.30. The Labute approximate surface area is 184 Å². The van der Waals surface area contributed by atoms with Gasteiger partial charge < -0.3 is 16.0 Å². The lowest BCUT2D eigenvalue weighted by molar-refractivity contribution is -0.115. The third-order valence-electron chi connectivity index (χ3n) is 4.44. The van der Waals surface area contributed by atoms with Crippen LogP contribution in [0.25, 0.3) is 0 Å². The zero-order chi connectivity index (χ0) is 22.6. The molecule has 0 unspecified atom stereocenters. The SMILES string of the molecule is Cc1cc(NC(=O)CN(CC(C)C)c2c(N)n(CC(C)C)c(=O)[nH]c2=O)ccc1Br. The van der Waals surface area contributed by atoms with E-state index in [-0.39, 0.29) is 35.8 Å². The Balaban J connectivity index is 2.37. The van der Waals surface area contributed by atoms with Crippen LogP contribution in [0.5, 0.6) is 0 Å². The minimum atomic E-state index is -0.592. The minimum Gasteiger partial charge on any atom is -0.383 e. The average Bonchev–Trinajstić information content (AvgIpc) is 2.60. The standard InChI is InChI=1S/C21H30BrN5O3/c1-12(2)9-26(11-17(28)24-15-6-7-16(22)14(5)8-15)18-19(23)27(10-13(3)4)21(30)25-20(18)29/h6-8,12-13H,9-11,23H2,1-5H3,(H,24,28)(H,25,29,30). The van der Waals surface area contributed by atoms with Gasteiger partial charge in [-0.1, -0.05) is 43.6 Å². The van der Waals surface area contributed by atoms with Gasteiger partial charge in [0.05, 0.1) is 6.54 Å². The van der Waals surface area contributed by atoms with Crippen molar-refractivity contribution in [3.8, 4) is 0 Å². The largest absolute Gasteiger partial charge is 0.383 e. The highest BCUT2D eigenvalue weighted by Crippen LogP contribution is 2.21. The number of hydrogen-bond acceptors (Lipinski definition) is 5. The molecule has 0 aliphatic rings. The topological polar surface area (TPSA) is 113 Å². The van der Waals surface area contributed by atoms with Crippen molar-refractivity contribution in [2.45, 2.75) is 41.2 Å². The number of aromatic nitrogens is 2. The van der Waals surface area contributed by atoms with Crippen LogP contribution >= 0.6 is 15.9 Å². The number of rotatable bonds is 8. The molecule has 2 rings (SSSR count). The van der Waals surface area contributed by atoms with E-state index in [1.807, 2.05) is 46.8 Å². The summed E-state index contributed by atoms with van der Waals surface area (Å²) in [5.74, 6) is 0.117. The molecule has 30 heavy (non-hydrogen) atoms. The quantitative estimate of drug-likeness (QED) is 0.538. The Hall–Kier alpha value is -2.55. The van der Waals surface area contributed by atoms with Gasteiger partial charge >= 0.3 is 5.69 Å². The lowest BCUT2D eigenvalue weighted by Crippen LogP contribution is -2.43. The van der Waals surface area contributed by atoms with Gasteiger partial charge in [0.15, 0.2) is 0 Å². The van der Waals surface area contributed by atoms with Crippen LogP contribution in [0.3, 0.4) is 0 Å². The molecule has 0 atom stereocenters. The second-order valence-electron chi connectivity index (χ2n) is 8.28. The Morgan fingerprint density at radius 3 is 2.47 bits per heavy atom. The number of H-pyrrole nitrogens is 1. The number of carbonyl (C=O) groups excluding carboxylic acids is 1. The van der Waals surface area contributed by atoms with E-state index in [4.69, 9.17) is 5.73 Å². The summed E-state index contributed by atoms with van der Waals surface area (Å²) in [7, 11) is 0. The fourth-order valence-electron chi connectivity index (χ4n) is 3.20. The van der Waals surface area contributed by atoms with Gasteiger partial charge in [0.1, 0.15) is 11.5 Å². The molecule has 4 N–H and O–H groups in total. The summed E-state index contributed by atoms with van der Waals surface area (Å²) in [6.07, 6.45) is 0. The number of nitrogens with one attached hydrogen (secondary N) is 2. The number of anilines is 3. The predicted molar refractivity (Wildman–Crippen MR) is 125 cm³/mol. The van der Waals surface area contributed by atoms with Crippen molar-refractivity contribution in [1.29, 1.82) is 0 Å². The van der Waals surface area contributed by atoms with Crippen LogP contribution in [0.2, 0.25) is 0 Å². The van der Waals surface area contributed by atoms with Crippen molar-refractivity contribution in [3.63, 3.8) is 0 Å². The first-order chi connectivity index (χ1) is 14.0. The monoisotopic (exact) mass is 479 g/mol. The molecule has 0 aliphatic heterocycles. The summed E-state index contributed by atoms with van der Waals surface area (Å²) in [6.45, 7) is 10.5. The third-order valence-corrected chi connectivity index (χ3v) is 5.33. The van der Waals surface area contributed by atoms with E-state index >= 15 is 0 Å². The molecule has 1 aromatic carbocycles. The molecular formula is C21H30BrN5O3. The van der Waals surface area contributed by atoms with Crippen molar-refractivity contribution in [1.82, 2.24) is 9.55 Å². The number of halogens is 1. The number of aromatic amines is 1. The summed E-state index contributed by atoms with van der Waals surface area (Å²) in [5, 5.41) is 2.86. The highest BCUT2D eigenvalue weighted by molar-refractivity contribution is 9.10. The number of nitrogens with zero attached hydrogens (tertiary/aromatic N) is 2. The highest BCUT2D eigenvalue weighted by atomic mass is 79.9. The molecular weight excluding hydrogens is 450 g/mol. The van der Waals surface area contributed by atoms with Gasteiger partial charge in [-0.2, -0.15) is 0 Å². The number of benzene rings is 1. The maximum atomic E-state index is 12.7. The first-order valence-electron chi connectivity index (χ1n) is 9.93. The molecule has 0 saturated heterocycles. The molecule has 0 aliphatic carbocycles. The van der Waals surface area contributed by atoms with E-state index < -0.39 is 11.2 Å². The molecule has 0 fully saturated rings. The van der Waals surface area contributed by atoms with E-state index in [1.165, 1.54) is 4.57 Å². The molecule has 1 heterocycles. The van der Waals surface area contributed by atoms with Gasteiger partial charge in [-0.05, 0) is 42.5 Å². The minimum absolute atomic E-state index is 0.0690. The molecule has 164 valence electrons. The first-order valence-corrected chi connectivity index (χ1v) is 10.7. The molecule has 0 spiro atoms. The van der Waals surface area contributed by atoms with Crippen LogP contribution in [0, 0.1) is 18.8 Å². The normalized spacial score (nSPS) is 11.2. The van der Waals surface area contributed by atoms with Gasteiger partial charge in [-0.15, -0.1) is 0 Å². The molecule has 0 bridgehead atoms. The smallest absolute Gasteiger partial charge is 0.330 e. The second kappa shape index (κ2) is 9.97. The van der Waals surface area contributed by atoms with E-state index in [2.05, 4.69) is 26.2 Å². The number of nitrogens with two attached hydrogens (primary N) is 1. The van der Waals surface area contributed by atoms with Crippen molar-refractivity contribution in [2.24, 2.45) is 11.8 Å². The fourth-order valence-corrected chi connectivity index (χ4v) is 3.45. The van der Waals surface area contributed by atoms with Gasteiger partial charge in [0, 0.05) is 23.2 Å². The number of hydrogen-bond donors (Lipinski definition) is 3. The summed E-state index contributed by atoms with van der Waals surface area (Å²) >= 11 is 3.44. The summed E-state index contributed by atoms with van der Waals surface area (Å²) in [5.41, 5.74) is 6.90. The fraction of sp³-hybridized carbons (Fsp3) is 0.476. The Morgan fingerprint density at radius 2 is 1.90 bits per heavy atom. The van der Waals surface area contributed by atoms with Crippen LogP contribution in [0.15, 0.2) is 32.3 Å². The lowest BCUT2D eigenvalue weighted by atomic mass is 10.2. The van der Waals surface area contributed by atoms with Crippen molar-refractivity contribution in [3.05, 3.63) is 49.1 Å². The Kier molecular flexibility index (Phi) is 7.89. The third kappa shape index (κ3) is 5.98. The molecule has 0 saturated carbocycles.